The van der Waals surface area contributed by atoms with Crippen molar-refractivity contribution < 1.29 is 10.2 Å². The van der Waals surface area contributed by atoms with Crippen LogP contribution in [0.3, 0.4) is 0 Å². The molecule has 1 aromatic rings. The zero-order valence-electron chi connectivity index (χ0n) is 10.1. The van der Waals surface area contributed by atoms with E-state index in [-0.39, 0.29) is 13.2 Å². The summed E-state index contributed by atoms with van der Waals surface area (Å²) in [5.74, 6) is 0.526. The van der Waals surface area contributed by atoms with E-state index in [2.05, 4.69) is 26.0 Å². The molecule has 0 amide bonds. The number of anilines is 1. The predicted octanol–water partition coefficient (Wildman–Crippen LogP) is 1.60. The minimum Gasteiger partial charge on any atom is -0.395 e. The summed E-state index contributed by atoms with van der Waals surface area (Å²) in [5.41, 5.74) is 2.35. The van der Waals surface area contributed by atoms with Crippen LogP contribution in [0.2, 0.25) is 0 Å². The lowest BCUT2D eigenvalue weighted by molar-refractivity contribution is 0.281. The molecule has 90 valence electrons. The van der Waals surface area contributed by atoms with Crippen molar-refractivity contribution in [2.45, 2.75) is 19.8 Å². The average Bonchev–Trinajstić information content (AvgIpc) is 2.29. The Hall–Kier alpha value is -1.06. The molecule has 0 aliphatic rings. The lowest BCUT2D eigenvalue weighted by Crippen LogP contribution is -2.29. The summed E-state index contributed by atoms with van der Waals surface area (Å²) in [4.78, 5) is 1.98. The molecule has 0 saturated carbocycles. The quantitative estimate of drug-likeness (QED) is 0.770. The summed E-state index contributed by atoms with van der Waals surface area (Å²) >= 11 is 0. The van der Waals surface area contributed by atoms with E-state index in [0.29, 0.717) is 19.0 Å². The van der Waals surface area contributed by atoms with E-state index in [1.165, 1.54) is 5.56 Å². The van der Waals surface area contributed by atoms with E-state index >= 15 is 0 Å². The molecule has 1 rings (SSSR count). The number of hydrogen-bond acceptors (Lipinski definition) is 3. The van der Waals surface area contributed by atoms with Gasteiger partial charge in [0.2, 0.25) is 0 Å². The number of nitrogens with zero attached hydrogens (tertiary/aromatic N) is 1. The maximum absolute atomic E-state index is 8.94. The third-order valence-corrected chi connectivity index (χ3v) is 2.66. The third kappa shape index (κ3) is 3.51. The van der Waals surface area contributed by atoms with Crippen molar-refractivity contribution in [3.05, 3.63) is 29.8 Å². The Balaban J connectivity index is 2.76. The highest BCUT2D eigenvalue weighted by molar-refractivity contribution is 5.48. The highest BCUT2D eigenvalue weighted by Gasteiger charge is 2.05. The minimum atomic E-state index is 0.103. The van der Waals surface area contributed by atoms with Gasteiger partial charge in [0.25, 0.3) is 0 Å². The molecule has 2 N–H and O–H groups in total. The maximum atomic E-state index is 8.94. The highest BCUT2D eigenvalue weighted by Crippen LogP contribution is 2.19. The fraction of sp³-hybridized carbons (Fsp3) is 0.538. The number of aliphatic hydroxyl groups excluding tert-OH is 2. The van der Waals surface area contributed by atoms with E-state index in [9.17, 15) is 0 Å². The van der Waals surface area contributed by atoms with Crippen LogP contribution in [0.4, 0.5) is 5.69 Å². The Labute approximate surface area is 97.3 Å². The molecule has 0 aromatic heterocycles. The first kappa shape index (κ1) is 13.0. The van der Waals surface area contributed by atoms with Crippen molar-refractivity contribution in [1.82, 2.24) is 0 Å². The summed E-state index contributed by atoms with van der Waals surface area (Å²) in [6.07, 6.45) is 0. The van der Waals surface area contributed by atoms with Crippen molar-refractivity contribution in [2.24, 2.45) is 0 Å². The topological polar surface area (TPSA) is 43.7 Å². The van der Waals surface area contributed by atoms with Gasteiger partial charge in [-0.3, -0.25) is 0 Å². The molecular weight excluding hydrogens is 202 g/mol. The Kier molecular flexibility index (Phi) is 5.29. The van der Waals surface area contributed by atoms with Crippen LogP contribution in [-0.2, 0) is 0 Å². The SMILES string of the molecule is CC(C)c1ccc(N(CCO)CCO)cc1. The van der Waals surface area contributed by atoms with E-state index in [0.717, 1.165) is 5.69 Å². The molecule has 3 heteroatoms. The van der Waals surface area contributed by atoms with Crippen LogP contribution < -0.4 is 4.90 Å². The van der Waals surface area contributed by atoms with E-state index < -0.39 is 0 Å². The molecule has 0 atom stereocenters. The lowest BCUT2D eigenvalue weighted by Gasteiger charge is -2.23. The standard InChI is InChI=1S/C13H21NO2/c1-11(2)12-3-5-13(6-4-12)14(7-9-15)8-10-16/h3-6,11,15-16H,7-10H2,1-2H3. The van der Waals surface area contributed by atoms with Gasteiger partial charge in [-0.1, -0.05) is 26.0 Å². The first-order valence-corrected chi connectivity index (χ1v) is 5.75. The number of rotatable bonds is 6. The fourth-order valence-corrected chi connectivity index (χ4v) is 1.68. The van der Waals surface area contributed by atoms with Gasteiger partial charge in [0.1, 0.15) is 0 Å². The van der Waals surface area contributed by atoms with Gasteiger partial charge in [-0.25, -0.2) is 0 Å². The van der Waals surface area contributed by atoms with Crippen molar-refractivity contribution in [2.75, 3.05) is 31.2 Å². The van der Waals surface area contributed by atoms with Gasteiger partial charge in [0.15, 0.2) is 0 Å². The van der Waals surface area contributed by atoms with Gasteiger partial charge in [0.05, 0.1) is 13.2 Å². The van der Waals surface area contributed by atoms with Crippen molar-refractivity contribution in [1.29, 1.82) is 0 Å². The molecule has 0 aliphatic carbocycles. The molecule has 3 nitrogen and oxygen atoms in total. The van der Waals surface area contributed by atoms with Crippen molar-refractivity contribution in [3.8, 4) is 0 Å². The van der Waals surface area contributed by atoms with Crippen molar-refractivity contribution in [3.63, 3.8) is 0 Å². The van der Waals surface area contributed by atoms with Crippen LogP contribution in [0, 0.1) is 0 Å². The molecule has 0 bridgehead atoms. The average molecular weight is 223 g/mol. The monoisotopic (exact) mass is 223 g/mol. The van der Waals surface area contributed by atoms with Crippen LogP contribution >= 0.6 is 0 Å². The molecule has 0 radical (unpaired) electrons. The molecule has 0 aliphatic heterocycles. The van der Waals surface area contributed by atoms with Crippen LogP contribution in [0.5, 0.6) is 0 Å². The normalized spacial score (nSPS) is 10.8. The zero-order chi connectivity index (χ0) is 12.0. The molecule has 0 fully saturated rings. The van der Waals surface area contributed by atoms with Gasteiger partial charge in [-0.05, 0) is 23.6 Å². The second kappa shape index (κ2) is 6.51. The number of hydrogen-bond donors (Lipinski definition) is 2. The second-order valence-corrected chi connectivity index (χ2v) is 4.18. The summed E-state index contributed by atoms with van der Waals surface area (Å²) in [7, 11) is 0. The van der Waals surface area contributed by atoms with Gasteiger partial charge >= 0.3 is 0 Å². The van der Waals surface area contributed by atoms with Crippen LogP contribution in [0.1, 0.15) is 25.3 Å². The number of aliphatic hydroxyl groups is 2. The number of benzene rings is 1. The van der Waals surface area contributed by atoms with Gasteiger partial charge in [0, 0.05) is 18.8 Å². The fourth-order valence-electron chi connectivity index (χ4n) is 1.68. The maximum Gasteiger partial charge on any atom is 0.0606 e. The summed E-state index contributed by atoms with van der Waals surface area (Å²) in [5, 5.41) is 17.9. The molecule has 16 heavy (non-hydrogen) atoms. The first-order valence-electron chi connectivity index (χ1n) is 5.75. The van der Waals surface area contributed by atoms with Gasteiger partial charge in [-0.2, -0.15) is 0 Å². The Morgan fingerprint density at radius 3 is 1.88 bits per heavy atom. The van der Waals surface area contributed by atoms with Gasteiger partial charge in [-0.15, -0.1) is 0 Å². The molecule has 0 saturated heterocycles. The van der Waals surface area contributed by atoms with E-state index in [4.69, 9.17) is 10.2 Å². The minimum absolute atomic E-state index is 0.103. The second-order valence-electron chi connectivity index (χ2n) is 4.18. The Bertz CT molecular complexity index is 289. The third-order valence-electron chi connectivity index (χ3n) is 2.66. The van der Waals surface area contributed by atoms with Crippen LogP contribution in [0.15, 0.2) is 24.3 Å². The smallest absolute Gasteiger partial charge is 0.0606 e. The van der Waals surface area contributed by atoms with Crippen LogP contribution in [-0.4, -0.2) is 36.5 Å². The molecule has 0 spiro atoms. The molecule has 0 unspecified atom stereocenters. The summed E-state index contributed by atoms with van der Waals surface area (Å²) < 4.78 is 0. The molecule has 0 heterocycles. The summed E-state index contributed by atoms with van der Waals surface area (Å²) in [6.45, 7) is 5.64. The lowest BCUT2D eigenvalue weighted by atomic mass is 10.0. The highest BCUT2D eigenvalue weighted by atomic mass is 16.3. The first-order chi connectivity index (χ1) is 7.69. The molecule has 1 aromatic carbocycles. The Morgan fingerprint density at radius 1 is 1.00 bits per heavy atom. The molecular formula is C13H21NO2. The summed E-state index contributed by atoms with van der Waals surface area (Å²) in [6, 6.07) is 8.28. The zero-order valence-corrected chi connectivity index (χ0v) is 10.1. The largest absolute Gasteiger partial charge is 0.395 e. The van der Waals surface area contributed by atoms with E-state index in [1.807, 2.05) is 17.0 Å². The van der Waals surface area contributed by atoms with Crippen molar-refractivity contribution >= 4 is 5.69 Å². The van der Waals surface area contributed by atoms with Crippen LogP contribution in [0.25, 0.3) is 0 Å². The predicted molar refractivity (Wildman–Crippen MR) is 66.9 cm³/mol. The van der Waals surface area contributed by atoms with E-state index in [1.54, 1.807) is 0 Å². The van der Waals surface area contributed by atoms with Gasteiger partial charge < -0.3 is 15.1 Å². The Morgan fingerprint density at radius 2 is 1.50 bits per heavy atom.